The van der Waals surface area contributed by atoms with E-state index < -0.39 is 21.8 Å². The summed E-state index contributed by atoms with van der Waals surface area (Å²) in [6.45, 7) is 1.88. The second-order valence-electron chi connectivity index (χ2n) is 5.08. The van der Waals surface area contributed by atoms with E-state index in [1.165, 1.54) is 0 Å². The standard InChI is InChI=1S/C17H19NO5S/c1-2-22-17(19)9-12-24(20,21)23-16-5-3-14(4-6-16)13-15-7-10-18-11-8-15/h3-8,10-11H,2,9,12-13H2,1H3. The van der Waals surface area contributed by atoms with Gasteiger partial charge in [0.2, 0.25) is 0 Å². The molecule has 1 aromatic carbocycles. The highest BCUT2D eigenvalue weighted by molar-refractivity contribution is 7.87. The van der Waals surface area contributed by atoms with E-state index >= 15 is 0 Å². The van der Waals surface area contributed by atoms with Gasteiger partial charge in [0, 0.05) is 12.4 Å². The lowest BCUT2D eigenvalue weighted by Crippen LogP contribution is -2.17. The minimum Gasteiger partial charge on any atom is -0.466 e. The second-order valence-corrected chi connectivity index (χ2v) is 6.77. The topological polar surface area (TPSA) is 82.6 Å². The molecule has 0 aliphatic carbocycles. The first-order valence-electron chi connectivity index (χ1n) is 7.54. The van der Waals surface area contributed by atoms with Gasteiger partial charge >= 0.3 is 16.1 Å². The molecule has 0 radical (unpaired) electrons. The molecule has 7 heteroatoms. The molecule has 2 aromatic rings. The first kappa shape index (κ1) is 17.9. The van der Waals surface area contributed by atoms with Gasteiger partial charge in [0.05, 0.1) is 18.8 Å². The lowest BCUT2D eigenvalue weighted by Gasteiger charge is -2.08. The summed E-state index contributed by atoms with van der Waals surface area (Å²) in [6, 6.07) is 10.6. The van der Waals surface area contributed by atoms with Crippen LogP contribution in [0.5, 0.6) is 5.75 Å². The smallest absolute Gasteiger partial charge is 0.309 e. The van der Waals surface area contributed by atoms with Gasteiger partial charge in [0.1, 0.15) is 5.75 Å². The summed E-state index contributed by atoms with van der Waals surface area (Å²) >= 11 is 0. The Labute approximate surface area is 141 Å². The average molecular weight is 349 g/mol. The third-order valence-corrected chi connectivity index (χ3v) is 4.32. The monoisotopic (exact) mass is 349 g/mol. The molecule has 0 atom stereocenters. The molecule has 0 spiro atoms. The van der Waals surface area contributed by atoms with Crippen LogP contribution in [-0.2, 0) is 26.1 Å². The van der Waals surface area contributed by atoms with E-state index in [1.54, 1.807) is 43.6 Å². The summed E-state index contributed by atoms with van der Waals surface area (Å²) in [5, 5.41) is 0. The molecule has 128 valence electrons. The van der Waals surface area contributed by atoms with Crippen LogP contribution >= 0.6 is 0 Å². The Bertz CT molecular complexity index is 757. The molecule has 0 unspecified atom stereocenters. The van der Waals surface area contributed by atoms with Crippen LogP contribution in [0.2, 0.25) is 0 Å². The lowest BCUT2D eigenvalue weighted by molar-refractivity contribution is -0.142. The highest BCUT2D eigenvalue weighted by Crippen LogP contribution is 2.17. The highest BCUT2D eigenvalue weighted by Gasteiger charge is 2.16. The van der Waals surface area contributed by atoms with Gasteiger partial charge < -0.3 is 8.92 Å². The SMILES string of the molecule is CCOC(=O)CCS(=O)(=O)Oc1ccc(Cc2ccncc2)cc1. The van der Waals surface area contributed by atoms with Gasteiger partial charge in [0.25, 0.3) is 0 Å². The molecule has 0 bridgehead atoms. The summed E-state index contributed by atoms with van der Waals surface area (Å²) in [6.07, 6.45) is 3.95. The molecule has 0 amide bonds. The molecule has 1 aromatic heterocycles. The Kier molecular flexibility index (Phi) is 6.31. The maximum Gasteiger partial charge on any atom is 0.309 e. The van der Waals surface area contributed by atoms with E-state index in [9.17, 15) is 13.2 Å². The van der Waals surface area contributed by atoms with E-state index in [1.807, 2.05) is 12.1 Å². The largest absolute Gasteiger partial charge is 0.466 e. The van der Waals surface area contributed by atoms with Crippen molar-refractivity contribution in [1.29, 1.82) is 0 Å². The van der Waals surface area contributed by atoms with Crippen molar-refractivity contribution < 1.29 is 22.1 Å². The zero-order valence-electron chi connectivity index (χ0n) is 13.3. The third-order valence-electron chi connectivity index (χ3n) is 3.17. The Morgan fingerprint density at radius 2 is 1.67 bits per heavy atom. The third kappa shape index (κ3) is 6.00. The summed E-state index contributed by atoms with van der Waals surface area (Å²) in [4.78, 5) is 15.2. The van der Waals surface area contributed by atoms with Crippen molar-refractivity contribution in [1.82, 2.24) is 4.98 Å². The normalized spacial score (nSPS) is 11.0. The van der Waals surface area contributed by atoms with Crippen LogP contribution < -0.4 is 4.18 Å². The van der Waals surface area contributed by atoms with Gasteiger partial charge in [-0.05, 0) is 48.7 Å². The van der Waals surface area contributed by atoms with E-state index in [4.69, 9.17) is 8.92 Å². The zero-order chi connectivity index (χ0) is 17.4. The summed E-state index contributed by atoms with van der Waals surface area (Å²) < 4.78 is 33.4. The highest BCUT2D eigenvalue weighted by atomic mass is 32.2. The number of carbonyl (C=O) groups excluding carboxylic acids is 1. The molecule has 0 aliphatic rings. The number of esters is 1. The van der Waals surface area contributed by atoms with Crippen molar-refractivity contribution >= 4 is 16.1 Å². The molecule has 0 aliphatic heterocycles. The average Bonchev–Trinajstić information content (AvgIpc) is 2.56. The minimum atomic E-state index is -3.83. The summed E-state index contributed by atoms with van der Waals surface area (Å²) in [7, 11) is -3.83. The molecule has 24 heavy (non-hydrogen) atoms. The van der Waals surface area contributed by atoms with E-state index in [0.717, 1.165) is 17.5 Å². The Morgan fingerprint density at radius 3 is 2.29 bits per heavy atom. The summed E-state index contributed by atoms with van der Waals surface area (Å²) in [5.41, 5.74) is 2.14. The molecule has 1 heterocycles. The number of hydrogen-bond acceptors (Lipinski definition) is 6. The van der Waals surface area contributed by atoms with Crippen molar-refractivity contribution in [2.24, 2.45) is 0 Å². The maximum absolute atomic E-state index is 11.8. The fourth-order valence-corrected chi connectivity index (χ4v) is 2.93. The Morgan fingerprint density at radius 1 is 1.04 bits per heavy atom. The number of rotatable bonds is 8. The van der Waals surface area contributed by atoms with E-state index in [2.05, 4.69) is 4.98 Å². The number of pyridine rings is 1. The van der Waals surface area contributed by atoms with E-state index in [-0.39, 0.29) is 18.8 Å². The number of carbonyl (C=O) groups is 1. The molecular weight excluding hydrogens is 330 g/mol. The molecular formula is C17H19NO5S. The number of hydrogen-bond donors (Lipinski definition) is 0. The quantitative estimate of drug-likeness (QED) is 0.537. The van der Waals surface area contributed by atoms with Crippen LogP contribution in [0.3, 0.4) is 0 Å². The zero-order valence-corrected chi connectivity index (χ0v) is 14.2. The van der Waals surface area contributed by atoms with Gasteiger partial charge in [-0.3, -0.25) is 9.78 Å². The van der Waals surface area contributed by atoms with Crippen molar-refractivity contribution in [2.75, 3.05) is 12.4 Å². The fourth-order valence-electron chi connectivity index (χ4n) is 2.03. The van der Waals surface area contributed by atoms with Crippen LogP contribution in [0, 0.1) is 0 Å². The number of benzene rings is 1. The summed E-state index contributed by atoms with van der Waals surface area (Å²) in [5.74, 6) is -0.750. The second kappa shape index (κ2) is 8.44. The molecule has 0 saturated heterocycles. The Hall–Kier alpha value is -2.41. The molecule has 2 rings (SSSR count). The number of nitrogens with zero attached hydrogens (tertiary/aromatic N) is 1. The van der Waals surface area contributed by atoms with Gasteiger partial charge in [-0.25, -0.2) is 0 Å². The lowest BCUT2D eigenvalue weighted by atomic mass is 10.1. The van der Waals surface area contributed by atoms with Gasteiger partial charge in [0.15, 0.2) is 0 Å². The van der Waals surface area contributed by atoms with Gasteiger partial charge in [-0.1, -0.05) is 12.1 Å². The Balaban J connectivity index is 1.92. The van der Waals surface area contributed by atoms with Crippen molar-refractivity contribution in [2.45, 2.75) is 19.8 Å². The number of aromatic nitrogens is 1. The van der Waals surface area contributed by atoms with Crippen LogP contribution in [0.4, 0.5) is 0 Å². The van der Waals surface area contributed by atoms with Crippen LogP contribution in [0.1, 0.15) is 24.5 Å². The first-order valence-corrected chi connectivity index (χ1v) is 9.12. The molecule has 6 nitrogen and oxygen atoms in total. The first-order chi connectivity index (χ1) is 11.5. The molecule has 0 saturated carbocycles. The molecule has 0 fully saturated rings. The maximum atomic E-state index is 11.8. The van der Waals surface area contributed by atoms with Crippen LogP contribution in [0.15, 0.2) is 48.8 Å². The predicted octanol–water partition coefficient (Wildman–Crippen LogP) is 2.33. The van der Waals surface area contributed by atoms with Gasteiger partial charge in [-0.15, -0.1) is 0 Å². The minimum absolute atomic E-state index is 0.220. The van der Waals surface area contributed by atoms with Crippen molar-refractivity contribution in [3.8, 4) is 5.75 Å². The van der Waals surface area contributed by atoms with E-state index in [0.29, 0.717) is 0 Å². The van der Waals surface area contributed by atoms with Crippen LogP contribution in [-0.4, -0.2) is 31.7 Å². The fraction of sp³-hybridized carbons (Fsp3) is 0.294. The molecule has 0 N–H and O–H groups in total. The number of ether oxygens (including phenoxy) is 1. The van der Waals surface area contributed by atoms with Crippen molar-refractivity contribution in [3.63, 3.8) is 0 Å². The predicted molar refractivity (Wildman–Crippen MR) is 89.1 cm³/mol. The van der Waals surface area contributed by atoms with Crippen LogP contribution in [0.25, 0.3) is 0 Å². The van der Waals surface area contributed by atoms with Crippen molar-refractivity contribution in [3.05, 3.63) is 59.9 Å². The van der Waals surface area contributed by atoms with Gasteiger partial charge in [-0.2, -0.15) is 8.42 Å².